The number of benzene rings is 3. The van der Waals surface area contributed by atoms with Crippen molar-refractivity contribution >= 4 is 28.1 Å². The Bertz CT molecular complexity index is 1350. The highest BCUT2D eigenvalue weighted by Crippen LogP contribution is 2.41. The average Bonchev–Trinajstić information content (AvgIpc) is 3.46. The van der Waals surface area contributed by atoms with E-state index in [-0.39, 0.29) is 11.2 Å². The summed E-state index contributed by atoms with van der Waals surface area (Å²) in [5.74, 6) is -0.239. The lowest BCUT2D eigenvalue weighted by atomic mass is 9.78. The molecule has 0 aliphatic heterocycles. The van der Waals surface area contributed by atoms with Crippen LogP contribution < -0.4 is 4.74 Å². The van der Waals surface area contributed by atoms with Gasteiger partial charge in [0.15, 0.2) is 0 Å². The van der Waals surface area contributed by atoms with Gasteiger partial charge in [-0.25, -0.2) is 4.79 Å². The molecule has 0 spiro atoms. The molecule has 4 aromatic rings. The van der Waals surface area contributed by atoms with Gasteiger partial charge in [-0.05, 0) is 106 Å². The topological polar surface area (TPSA) is 65.0 Å². The van der Waals surface area contributed by atoms with Gasteiger partial charge in [-0.1, -0.05) is 24.3 Å². The molecule has 1 aliphatic carbocycles. The lowest BCUT2D eigenvalue weighted by molar-refractivity contribution is -0.0762. The van der Waals surface area contributed by atoms with E-state index in [4.69, 9.17) is 14.2 Å². The highest BCUT2D eigenvalue weighted by Gasteiger charge is 2.37. The van der Waals surface area contributed by atoms with Crippen molar-refractivity contribution < 1.29 is 24.1 Å². The van der Waals surface area contributed by atoms with Crippen LogP contribution in [-0.2, 0) is 21.7 Å². The first-order chi connectivity index (χ1) is 17.5. The highest BCUT2D eigenvalue weighted by atomic mass is 32.1. The Morgan fingerprint density at radius 3 is 2.58 bits per heavy atom. The normalized spacial score (nSPS) is 19.9. The van der Waals surface area contributed by atoms with Gasteiger partial charge < -0.3 is 19.3 Å². The Kier molecular flexibility index (Phi) is 7.10. The third kappa shape index (κ3) is 4.89. The molecule has 1 N–H and O–H groups in total. The monoisotopic (exact) mass is 502 g/mol. The Balaban J connectivity index is 1.38. The molecule has 0 amide bonds. The molecule has 0 bridgehead atoms. The lowest BCUT2D eigenvalue weighted by Gasteiger charge is -2.39. The fourth-order valence-corrected chi connectivity index (χ4v) is 5.89. The lowest BCUT2D eigenvalue weighted by Crippen LogP contribution is -2.36. The molecule has 0 unspecified atom stereocenters. The molecular weight excluding hydrogens is 472 g/mol. The van der Waals surface area contributed by atoms with Crippen LogP contribution in [0.25, 0.3) is 21.9 Å². The summed E-state index contributed by atoms with van der Waals surface area (Å²) < 4.78 is 17.8. The summed E-state index contributed by atoms with van der Waals surface area (Å²) in [5.41, 5.74) is 4.14. The van der Waals surface area contributed by atoms with E-state index in [0.717, 1.165) is 53.1 Å². The summed E-state index contributed by atoms with van der Waals surface area (Å²) in [6.45, 7) is 0.413. The van der Waals surface area contributed by atoms with Crippen molar-refractivity contribution in [3.8, 4) is 16.9 Å². The van der Waals surface area contributed by atoms with Gasteiger partial charge in [0.1, 0.15) is 12.4 Å². The van der Waals surface area contributed by atoms with Crippen molar-refractivity contribution in [1.82, 2.24) is 0 Å². The van der Waals surface area contributed by atoms with Crippen molar-refractivity contribution in [2.75, 3.05) is 14.2 Å². The number of thiophene rings is 1. The summed E-state index contributed by atoms with van der Waals surface area (Å²) in [4.78, 5) is 11.8. The van der Waals surface area contributed by atoms with Crippen LogP contribution in [0.5, 0.6) is 5.75 Å². The number of fused-ring (bicyclic) bond motifs is 1. The van der Waals surface area contributed by atoms with Gasteiger partial charge in [-0.2, -0.15) is 11.3 Å². The van der Waals surface area contributed by atoms with Crippen LogP contribution in [0.15, 0.2) is 71.4 Å². The Morgan fingerprint density at radius 2 is 1.89 bits per heavy atom. The van der Waals surface area contributed by atoms with E-state index in [9.17, 15) is 9.90 Å². The minimum atomic E-state index is -0.942. The largest absolute Gasteiger partial charge is 0.489 e. The second-order valence-electron chi connectivity index (χ2n) is 9.35. The number of hydrogen-bond donors (Lipinski definition) is 1. The van der Waals surface area contributed by atoms with Crippen molar-refractivity contribution in [2.24, 2.45) is 0 Å². The van der Waals surface area contributed by atoms with Crippen LogP contribution in [0.4, 0.5) is 0 Å². The number of ether oxygens (including phenoxy) is 3. The quantitative estimate of drug-likeness (QED) is 0.274. The van der Waals surface area contributed by atoms with Gasteiger partial charge >= 0.3 is 5.97 Å². The van der Waals surface area contributed by atoms with Crippen LogP contribution in [0.2, 0.25) is 0 Å². The Labute approximate surface area is 215 Å². The molecule has 3 aromatic carbocycles. The third-order valence-electron chi connectivity index (χ3n) is 7.33. The van der Waals surface area contributed by atoms with Gasteiger partial charge in [0.2, 0.25) is 0 Å². The van der Waals surface area contributed by atoms with E-state index in [1.165, 1.54) is 5.56 Å². The molecule has 186 valence electrons. The third-order valence-corrected chi connectivity index (χ3v) is 8.01. The zero-order valence-corrected chi connectivity index (χ0v) is 21.3. The molecule has 1 aliphatic rings. The fourth-order valence-electron chi connectivity index (χ4n) is 5.23. The summed E-state index contributed by atoms with van der Waals surface area (Å²) in [5, 5.41) is 15.5. The van der Waals surface area contributed by atoms with Gasteiger partial charge in [0.25, 0.3) is 0 Å². The fraction of sp³-hybridized carbons (Fsp3) is 0.300. The number of carbonyl (C=O) groups is 1. The van der Waals surface area contributed by atoms with Crippen LogP contribution in [0.1, 0.15) is 47.2 Å². The zero-order chi connectivity index (χ0) is 25.1. The van der Waals surface area contributed by atoms with Crippen molar-refractivity contribution in [3.05, 3.63) is 88.1 Å². The maximum Gasteiger partial charge on any atom is 0.335 e. The number of carboxylic acids is 1. The minimum absolute atomic E-state index is 0.265. The maximum atomic E-state index is 11.8. The van der Waals surface area contributed by atoms with E-state index in [1.54, 1.807) is 37.7 Å². The number of carboxylic acid groups (broad SMARTS) is 1. The van der Waals surface area contributed by atoms with Crippen LogP contribution in [0.3, 0.4) is 0 Å². The van der Waals surface area contributed by atoms with Gasteiger partial charge in [-0.15, -0.1) is 0 Å². The summed E-state index contributed by atoms with van der Waals surface area (Å²) >= 11 is 1.59. The van der Waals surface area contributed by atoms with E-state index in [0.29, 0.717) is 18.5 Å². The molecule has 1 heterocycles. The zero-order valence-electron chi connectivity index (χ0n) is 20.5. The first-order valence-corrected chi connectivity index (χ1v) is 13.1. The summed E-state index contributed by atoms with van der Waals surface area (Å²) in [6.07, 6.45) is 4.11. The molecule has 1 fully saturated rings. The van der Waals surface area contributed by atoms with Gasteiger partial charge in [0, 0.05) is 14.2 Å². The molecule has 0 atom stereocenters. The predicted molar refractivity (Wildman–Crippen MR) is 143 cm³/mol. The molecule has 1 aromatic heterocycles. The second kappa shape index (κ2) is 10.4. The Hall–Kier alpha value is -3.19. The smallest absolute Gasteiger partial charge is 0.335 e. The Morgan fingerprint density at radius 1 is 1.06 bits per heavy atom. The van der Waals surface area contributed by atoms with Crippen LogP contribution in [0, 0.1) is 0 Å². The SMILES string of the molecule is COC1CCC(OC)(c2cccc(COc3ccc4c(-c5ccsc5)cc(C(=O)O)cc4c3)c2)CC1. The van der Waals surface area contributed by atoms with Crippen molar-refractivity contribution in [3.63, 3.8) is 0 Å². The molecule has 6 heteroatoms. The molecule has 5 nitrogen and oxygen atoms in total. The molecule has 0 saturated heterocycles. The summed E-state index contributed by atoms with van der Waals surface area (Å²) in [7, 11) is 3.57. The number of rotatable bonds is 8. The number of methoxy groups -OCH3 is 2. The predicted octanol–water partition coefficient (Wildman–Crippen LogP) is 7.28. The minimum Gasteiger partial charge on any atom is -0.489 e. The second-order valence-corrected chi connectivity index (χ2v) is 10.1. The van der Waals surface area contributed by atoms with E-state index >= 15 is 0 Å². The summed E-state index contributed by atoms with van der Waals surface area (Å²) in [6, 6.07) is 19.8. The molecule has 36 heavy (non-hydrogen) atoms. The highest BCUT2D eigenvalue weighted by molar-refractivity contribution is 7.08. The van der Waals surface area contributed by atoms with E-state index < -0.39 is 5.97 Å². The van der Waals surface area contributed by atoms with Gasteiger partial charge in [0.05, 0.1) is 17.3 Å². The first-order valence-electron chi connectivity index (χ1n) is 12.2. The molecule has 5 rings (SSSR count). The standard InChI is InChI=1S/C30H30O5S/c1-33-25-8-11-30(34-2,12-9-25)24-5-3-4-20(14-24)18-35-26-6-7-27-22(16-26)15-23(29(31)32)17-28(27)21-10-13-36-19-21/h3-7,10,13-17,19,25H,8-9,11-12,18H2,1-2H3,(H,31,32). The number of aromatic carboxylic acids is 1. The maximum absolute atomic E-state index is 11.8. The van der Waals surface area contributed by atoms with E-state index in [1.807, 2.05) is 35.0 Å². The average molecular weight is 503 g/mol. The first kappa shape index (κ1) is 24.5. The van der Waals surface area contributed by atoms with Crippen molar-refractivity contribution in [1.29, 1.82) is 0 Å². The van der Waals surface area contributed by atoms with E-state index in [2.05, 4.69) is 24.3 Å². The van der Waals surface area contributed by atoms with Crippen LogP contribution in [-0.4, -0.2) is 31.4 Å². The molecular formula is C30H30O5S. The van der Waals surface area contributed by atoms with Crippen LogP contribution >= 0.6 is 11.3 Å². The van der Waals surface area contributed by atoms with Crippen molar-refractivity contribution in [2.45, 2.75) is 44.0 Å². The molecule has 0 radical (unpaired) electrons. The molecule has 1 saturated carbocycles. The van der Waals surface area contributed by atoms with Gasteiger partial charge in [-0.3, -0.25) is 0 Å². The number of hydrogen-bond acceptors (Lipinski definition) is 5.